The maximum absolute atomic E-state index is 12.4. The van der Waals surface area contributed by atoms with E-state index < -0.39 is 0 Å². The number of carbonyl (C=O) groups excluding carboxylic acids is 1. The lowest BCUT2D eigenvalue weighted by atomic mass is 10.1. The number of amides is 1. The zero-order chi connectivity index (χ0) is 21.1. The summed E-state index contributed by atoms with van der Waals surface area (Å²) in [5, 5.41) is 6.60. The summed E-state index contributed by atoms with van der Waals surface area (Å²) >= 11 is 0. The molecule has 6 heteroatoms. The number of carbonyl (C=O) groups is 1. The van der Waals surface area contributed by atoms with Crippen molar-refractivity contribution >= 4 is 11.9 Å². The van der Waals surface area contributed by atoms with Crippen LogP contribution in [0.1, 0.15) is 42.3 Å². The van der Waals surface area contributed by atoms with Gasteiger partial charge in [-0.15, -0.1) is 0 Å². The number of hydrogen-bond acceptors (Lipinski definition) is 3. The van der Waals surface area contributed by atoms with E-state index in [2.05, 4.69) is 15.6 Å². The largest absolute Gasteiger partial charge is 0.497 e. The standard InChI is InChI=1S/C23H32N4O2/c1-5-24-23(26-17-19-9-8-10-21(15-19)29-4)25-16-18-11-13-20(14-12-18)22(28)27(6-2)7-3/h8-15H,5-7,16-17H2,1-4H3,(H2,24,25,26). The fraction of sp³-hybridized carbons (Fsp3) is 0.391. The third-order valence-corrected chi connectivity index (χ3v) is 4.61. The van der Waals surface area contributed by atoms with E-state index in [-0.39, 0.29) is 5.91 Å². The molecule has 0 aliphatic rings. The molecule has 0 radical (unpaired) electrons. The van der Waals surface area contributed by atoms with Crippen molar-refractivity contribution in [3.05, 3.63) is 65.2 Å². The van der Waals surface area contributed by atoms with Crippen LogP contribution in [0.2, 0.25) is 0 Å². The lowest BCUT2D eigenvalue weighted by molar-refractivity contribution is 0.0773. The monoisotopic (exact) mass is 396 g/mol. The van der Waals surface area contributed by atoms with Crippen molar-refractivity contribution in [2.45, 2.75) is 33.9 Å². The van der Waals surface area contributed by atoms with E-state index in [1.54, 1.807) is 7.11 Å². The van der Waals surface area contributed by atoms with Gasteiger partial charge in [-0.3, -0.25) is 4.79 Å². The molecule has 2 N–H and O–H groups in total. The topological polar surface area (TPSA) is 66.0 Å². The van der Waals surface area contributed by atoms with Gasteiger partial charge in [-0.25, -0.2) is 4.99 Å². The van der Waals surface area contributed by atoms with Crippen LogP contribution in [0.15, 0.2) is 53.5 Å². The molecule has 29 heavy (non-hydrogen) atoms. The second kappa shape index (κ2) is 11.7. The smallest absolute Gasteiger partial charge is 0.253 e. The molecule has 0 spiro atoms. The number of benzene rings is 2. The van der Waals surface area contributed by atoms with Crippen LogP contribution >= 0.6 is 0 Å². The predicted octanol–water partition coefficient (Wildman–Crippen LogP) is 3.43. The summed E-state index contributed by atoms with van der Waals surface area (Å²) in [4.78, 5) is 18.9. The van der Waals surface area contributed by atoms with E-state index in [4.69, 9.17) is 4.74 Å². The first-order valence-electron chi connectivity index (χ1n) is 10.1. The molecule has 0 saturated heterocycles. The molecule has 6 nitrogen and oxygen atoms in total. The molecular weight excluding hydrogens is 364 g/mol. The number of ether oxygens (including phenoxy) is 1. The van der Waals surface area contributed by atoms with Gasteiger partial charge in [0.05, 0.1) is 13.7 Å². The summed E-state index contributed by atoms with van der Waals surface area (Å²) < 4.78 is 5.26. The molecule has 156 valence electrons. The minimum Gasteiger partial charge on any atom is -0.497 e. The number of nitrogens with zero attached hydrogens (tertiary/aromatic N) is 2. The molecule has 1 amide bonds. The third kappa shape index (κ3) is 6.82. The third-order valence-electron chi connectivity index (χ3n) is 4.61. The molecule has 0 bridgehead atoms. The molecule has 0 unspecified atom stereocenters. The Balaban J connectivity index is 1.98. The Labute approximate surface area is 174 Å². The van der Waals surface area contributed by atoms with Crippen LogP contribution in [0.3, 0.4) is 0 Å². The highest BCUT2D eigenvalue weighted by atomic mass is 16.5. The van der Waals surface area contributed by atoms with Gasteiger partial charge in [0, 0.05) is 31.7 Å². The first-order valence-corrected chi connectivity index (χ1v) is 10.1. The first kappa shape index (κ1) is 22.3. The van der Waals surface area contributed by atoms with Crippen LogP contribution in [0.5, 0.6) is 5.75 Å². The molecule has 0 aliphatic heterocycles. The Kier molecular flexibility index (Phi) is 9.02. The summed E-state index contributed by atoms with van der Waals surface area (Å²) in [5.74, 6) is 1.65. The second-order valence-electron chi connectivity index (χ2n) is 6.57. The minimum absolute atomic E-state index is 0.0719. The van der Waals surface area contributed by atoms with Crippen molar-refractivity contribution in [1.82, 2.24) is 15.5 Å². The van der Waals surface area contributed by atoms with E-state index in [1.807, 2.05) is 74.2 Å². The molecule has 0 aliphatic carbocycles. The molecule has 0 fully saturated rings. The molecule has 2 aromatic rings. The Hall–Kier alpha value is -3.02. The summed E-state index contributed by atoms with van der Waals surface area (Å²) in [6, 6.07) is 15.6. The molecule has 0 heterocycles. The normalized spacial score (nSPS) is 11.1. The highest BCUT2D eigenvalue weighted by molar-refractivity contribution is 5.94. The predicted molar refractivity (Wildman–Crippen MR) is 118 cm³/mol. The van der Waals surface area contributed by atoms with Gasteiger partial charge in [0.1, 0.15) is 5.75 Å². The number of nitrogens with one attached hydrogen (secondary N) is 2. The summed E-state index contributed by atoms with van der Waals surface area (Å²) in [6.07, 6.45) is 0. The molecule has 0 saturated carbocycles. The van der Waals surface area contributed by atoms with E-state index in [0.29, 0.717) is 26.2 Å². The van der Waals surface area contributed by atoms with Crippen molar-refractivity contribution in [1.29, 1.82) is 0 Å². The van der Waals surface area contributed by atoms with Crippen LogP contribution in [0, 0.1) is 0 Å². The van der Waals surface area contributed by atoms with E-state index in [1.165, 1.54) is 0 Å². The number of methoxy groups -OCH3 is 1. The highest BCUT2D eigenvalue weighted by Crippen LogP contribution is 2.13. The van der Waals surface area contributed by atoms with Gasteiger partial charge in [-0.05, 0) is 56.2 Å². The van der Waals surface area contributed by atoms with Gasteiger partial charge in [0.2, 0.25) is 0 Å². The van der Waals surface area contributed by atoms with E-state index in [9.17, 15) is 4.79 Å². The van der Waals surface area contributed by atoms with Crippen LogP contribution < -0.4 is 15.4 Å². The van der Waals surface area contributed by atoms with Gasteiger partial charge >= 0.3 is 0 Å². The number of rotatable bonds is 9. The van der Waals surface area contributed by atoms with Gasteiger partial charge in [0.15, 0.2) is 5.96 Å². The summed E-state index contributed by atoms with van der Waals surface area (Å²) in [5.41, 5.74) is 2.89. The minimum atomic E-state index is 0.0719. The summed E-state index contributed by atoms with van der Waals surface area (Å²) in [7, 11) is 1.66. The Morgan fingerprint density at radius 3 is 2.34 bits per heavy atom. The fourth-order valence-electron chi connectivity index (χ4n) is 2.93. The Morgan fingerprint density at radius 2 is 1.72 bits per heavy atom. The van der Waals surface area contributed by atoms with Crippen LogP contribution in [0.25, 0.3) is 0 Å². The highest BCUT2D eigenvalue weighted by Gasteiger charge is 2.11. The van der Waals surface area contributed by atoms with Gasteiger partial charge < -0.3 is 20.3 Å². The number of hydrogen-bond donors (Lipinski definition) is 2. The lowest BCUT2D eigenvalue weighted by Gasteiger charge is -2.18. The summed E-state index contributed by atoms with van der Waals surface area (Å²) in [6.45, 7) is 9.42. The maximum atomic E-state index is 12.4. The Bertz CT molecular complexity index is 799. The average Bonchev–Trinajstić information content (AvgIpc) is 2.77. The van der Waals surface area contributed by atoms with Crippen molar-refractivity contribution in [2.75, 3.05) is 26.7 Å². The lowest BCUT2D eigenvalue weighted by Crippen LogP contribution is -2.36. The van der Waals surface area contributed by atoms with Gasteiger partial charge in [-0.1, -0.05) is 24.3 Å². The van der Waals surface area contributed by atoms with Crippen molar-refractivity contribution < 1.29 is 9.53 Å². The van der Waals surface area contributed by atoms with Crippen molar-refractivity contribution in [3.8, 4) is 5.75 Å². The van der Waals surface area contributed by atoms with E-state index >= 15 is 0 Å². The Morgan fingerprint density at radius 1 is 1.00 bits per heavy atom. The average molecular weight is 397 g/mol. The van der Waals surface area contributed by atoms with Gasteiger partial charge in [0.25, 0.3) is 5.91 Å². The second-order valence-corrected chi connectivity index (χ2v) is 6.57. The van der Waals surface area contributed by atoms with Crippen LogP contribution in [0.4, 0.5) is 0 Å². The fourth-order valence-corrected chi connectivity index (χ4v) is 2.93. The van der Waals surface area contributed by atoms with Gasteiger partial charge in [-0.2, -0.15) is 0 Å². The number of aliphatic imine (C=N–C) groups is 1. The SMILES string of the molecule is CCNC(=NCc1cccc(OC)c1)NCc1ccc(C(=O)N(CC)CC)cc1. The van der Waals surface area contributed by atoms with E-state index in [0.717, 1.165) is 34.9 Å². The van der Waals surface area contributed by atoms with Crippen molar-refractivity contribution in [3.63, 3.8) is 0 Å². The quantitative estimate of drug-likeness (QED) is 0.503. The van der Waals surface area contributed by atoms with Crippen LogP contribution in [-0.2, 0) is 13.1 Å². The molecule has 0 aromatic heterocycles. The zero-order valence-electron chi connectivity index (χ0n) is 17.9. The number of guanidine groups is 1. The molecule has 2 rings (SSSR count). The molecule has 0 atom stereocenters. The maximum Gasteiger partial charge on any atom is 0.253 e. The molecule has 2 aromatic carbocycles. The molecular formula is C23H32N4O2. The zero-order valence-corrected chi connectivity index (χ0v) is 17.9. The first-order chi connectivity index (χ1) is 14.1. The van der Waals surface area contributed by atoms with Crippen LogP contribution in [-0.4, -0.2) is 43.5 Å². The van der Waals surface area contributed by atoms with Crippen molar-refractivity contribution in [2.24, 2.45) is 4.99 Å².